The topological polar surface area (TPSA) is 59.5 Å². The first kappa shape index (κ1) is 17.7. The number of hydrogen-bond acceptors (Lipinski definition) is 6. The van der Waals surface area contributed by atoms with Crippen molar-refractivity contribution in [3.8, 4) is 11.8 Å². The van der Waals surface area contributed by atoms with Gasteiger partial charge in [-0.2, -0.15) is 0 Å². The third kappa shape index (κ3) is 5.85. The van der Waals surface area contributed by atoms with Crippen molar-refractivity contribution < 1.29 is 9.47 Å². The molecule has 120 valence electrons. The molecule has 0 aliphatic carbocycles. The standard InChI is InChI=1S/C15H28N4O2/c1-11(2)7-12(9-19(3)4)16-8-13-14(20-5)17-10-18-15(13)21-6/h10-12,16H,7-9H2,1-6H3. The Balaban J connectivity index is 2.78. The van der Waals surface area contributed by atoms with Gasteiger partial charge in [-0.1, -0.05) is 13.8 Å². The van der Waals surface area contributed by atoms with Crippen LogP contribution in [-0.2, 0) is 6.54 Å². The summed E-state index contributed by atoms with van der Waals surface area (Å²) in [4.78, 5) is 10.5. The maximum atomic E-state index is 5.30. The third-order valence-electron chi connectivity index (χ3n) is 3.16. The van der Waals surface area contributed by atoms with E-state index < -0.39 is 0 Å². The number of aromatic nitrogens is 2. The lowest BCUT2D eigenvalue weighted by Gasteiger charge is -2.24. The first-order valence-electron chi connectivity index (χ1n) is 7.27. The lowest BCUT2D eigenvalue weighted by atomic mass is 10.0. The number of ether oxygens (including phenoxy) is 2. The fourth-order valence-corrected chi connectivity index (χ4v) is 2.36. The first-order valence-corrected chi connectivity index (χ1v) is 7.27. The molecule has 1 N–H and O–H groups in total. The average molecular weight is 296 g/mol. The highest BCUT2D eigenvalue weighted by atomic mass is 16.5. The number of methoxy groups -OCH3 is 2. The van der Waals surface area contributed by atoms with Crippen LogP contribution < -0.4 is 14.8 Å². The summed E-state index contributed by atoms with van der Waals surface area (Å²) in [5.41, 5.74) is 0.856. The molecular weight excluding hydrogens is 268 g/mol. The summed E-state index contributed by atoms with van der Waals surface area (Å²) in [6, 6.07) is 0.398. The van der Waals surface area contributed by atoms with Gasteiger partial charge in [0, 0.05) is 19.1 Å². The van der Waals surface area contributed by atoms with E-state index >= 15 is 0 Å². The monoisotopic (exact) mass is 296 g/mol. The molecule has 0 bridgehead atoms. The molecule has 0 aromatic carbocycles. The van der Waals surface area contributed by atoms with Crippen LogP contribution in [0.25, 0.3) is 0 Å². The van der Waals surface area contributed by atoms with Gasteiger partial charge in [-0.15, -0.1) is 0 Å². The number of rotatable bonds is 9. The van der Waals surface area contributed by atoms with Crippen LogP contribution in [0.1, 0.15) is 25.8 Å². The molecule has 1 rings (SSSR count). The van der Waals surface area contributed by atoms with Crippen LogP contribution >= 0.6 is 0 Å². The minimum atomic E-state index is 0.398. The Morgan fingerprint density at radius 1 is 1.14 bits per heavy atom. The molecule has 1 atom stereocenters. The molecule has 21 heavy (non-hydrogen) atoms. The summed E-state index contributed by atoms with van der Waals surface area (Å²) in [5, 5.41) is 3.57. The molecule has 6 heteroatoms. The molecule has 6 nitrogen and oxygen atoms in total. The Labute approximate surface area is 127 Å². The molecule has 0 aliphatic rings. The van der Waals surface area contributed by atoms with Gasteiger partial charge in [0.15, 0.2) is 0 Å². The van der Waals surface area contributed by atoms with Crippen molar-refractivity contribution in [2.45, 2.75) is 32.9 Å². The molecule has 0 spiro atoms. The first-order chi connectivity index (χ1) is 9.97. The summed E-state index contributed by atoms with van der Waals surface area (Å²) in [7, 11) is 7.39. The van der Waals surface area contributed by atoms with E-state index in [-0.39, 0.29) is 0 Å². The van der Waals surface area contributed by atoms with E-state index in [1.165, 1.54) is 6.33 Å². The lowest BCUT2D eigenvalue weighted by molar-refractivity contribution is 0.299. The van der Waals surface area contributed by atoms with Crippen LogP contribution in [-0.4, -0.2) is 55.8 Å². The highest BCUT2D eigenvalue weighted by molar-refractivity contribution is 5.34. The number of nitrogens with zero attached hydrogens (tertiary/aromatic N) is 3. The molecule has 0 fully saturated rings. The number of nitrogens with one attached hydrogen (secondary N) is 1. The van der Waals surface area contributed by atoms with Gasteiger partial charge in [-0.05, 0) is 26.4 Å². The fraction of sp³-hybridized carbons (Fsp3) is 0.733. The van der Waals surface area contributed by atoms with Crippen molar-refractivity contribution in [1.29, 1.82) is 0 Å². The minimum Gasteiger partial charge on any atom is -0.481 e. The van der Waals surface area contributed by atoms with E-state index in [1.807, 2.05) is 0 Å². The van der Waals surface area contributed by atoms with E-state index in [9.17, 15) is 0 Å². The molecule has 0 amide bonds. The van der Waals surface area contributed by atoms with Gasteiger partial charge in [-0.25, -0.2) is 9.97 Å². The zero-order valence-electron chi connectivity index (χ0n) is 14.0. The summed E-state index contributed by atoms with van der Waals surface area (Å²) in [6.45, 7) is 6.07. The number of hydrogen-bond donors (Lipinski definition) is 1. The predicted molar refractivity (Wildman–Crippen MR) is 83.8 cm³/mol. The van der Waals surface area contributed by atoms with Gasteiger partial charge in [0.05, 0.1) is 19.8 Å². The average Bonchev–Trinajstić information content (AvgIpc) is 2.43. The largest absolute Gasteiger partial charge is 0.481 e. The summed E-state index contributed by atoms with van der Waals surface area (Å²) >= 11 is 0. The Bertz CT molecular complexity index is 392. The van der Waals surface area contributed by atoms with Gasteiger partial charge < -0.3 is 19.7 Å². The van der Waals surface area contributed by atoms with Crippen molar-refractivity contribution in [3.63, 3.8) is 0 Å². The van der Waals surface area contributed by atoms with Crippen LogP contribution in [0.5, 0.6) is 11.8 Å². The van der Waals surface area contributed by atoms with Gasteiger partial charge in [-0.3, -0.25) is 0 Å². The van der Waals surface area contributed by atoms with Crippen molar-refractivity contribution in [2.75, 3.05) is 34.9 Å². The molecule has 1 aromatic heterocycles. The predicted octanol–water partition coefficient (Wildman–Crippen LogP) is 1.56. The fourth-order valence-electron chi connectivity index (χ4n) is 2.36. The summed E-state index contributed by atoms with van der Waals surface area (Å²) < 4.78 is 10.6. The maximum Gasteiger partial charge on any atom is 0.224 e. The Morgan fingerprint density at radius 2 is 1.71 bits per heavy atom. The molecule has 1 heterocycles. The highest BCUT2D eigenvalue weighted by Gasteiger charge is 2.16. The second kappa shape index (κ2) is 8.79. The van der Waals surface area contributed by atoms with Crippen LogP contribution in [0.2, 0.25) is 0 Å². The highest BCUT2D eigenvalue weighted by Crippen LogP contribution is 2.23. The normalized spacial score (nSPS) is 12.8. The third-order valence-corrected chi connectivity index (χ3v) is 3.16. The summed E-state index contributed by atoms with van der Waals surface area (Å²) in [5.74, 6) is 1.75. The van der Waals surface area contributed by atoms with Gasteiger partial charge >= 0.3 is 0 Å². The van der Waals surface area contributed by atoms with Crippen LogP contribution in [0.15, 0.2) is 6.33 Å². The van der Waals surface area contributed by atoms with Crippen molar-refractivity contribution in [3.05, 3.63) is 11.9 Å². The number of likely N-dealkylation sites (N-methyl/N-ethyl adjacent to an activating group) is 1. The van der Waals surface area contributed by atoms with Gasteiger partial charge in [0.2, 0.25) is 11.8 Å². The van der Waals surface area contributed by atoms with E-state index in [0.29, 0.717) is 30.3 Å². The Morgan fingerprint density at radius 3 is 2.14 bits per heavy atom. The SMILES string of the molecule is COc1ncnc(OC)c1CNC(CC(C)C)CN(C)C. The Hall–Kier alpha value is -1.40. The lowest BCUT2D eigenvalue weighted by Crippen LogP contribution is -2.39. The van der Waals surface area contributed by atoms with Gasteiger partial charge in [0.25, 0.3) is 0 Å². The van der Waals surface area contributed by atoms with E-state index in [1.54, 1.807) is 14.2 Å². The quantitative estimate of drug-likeness (QED) is 0.746. The minimum absolute atomic E-state index is 0.398. The molecule has 1 aromatic rings. The molecule has 0 radical (unpaired) electrons. The van der Waals surface area contributed by atoms with Gasteiger partial charge in [0.1, 0.15) is 6.33 Å². The van der Waals surface area contributed by atoms with E-state index in [0.717, 1.165) is 18.5 Å². The molecule has 0 saturated heterocycles. The molecule has 0 saturated carbocycles. The maximum absolute atomic E-state index is 5.30. The van der Waals surface area contributed by atoms with Crippen molar-refractivity contribution >= 4 is 0 Å². The molecular formula is C15H28N4O2. The Kier molecular flexibility index (Phi) is 7.39. The second-order valence-corrected chi connectivity index (χ2v) is 5.84. The van der Waals surface area contributed by atoms with Crippen LogP contribution in [0.4, 0.5) is 0 Å². The molecule has 1 unspecified atom stereocenters. The second-order valence-electron chi connectivity index (χ2n) is 5.84. The zero-order chi connectivity index (χ0) is 15.8. The van der Waals surface area contributed by atoms with Crippen molar-refractivity contribution in [2.24, 2.45) is 5.92 Å². The molecule has 0 aliphatic heterocycles. The van der Waals surface area contributed by atoms with E-state index in [2.05, 4.69) is 48.1 Å². The summed E-state index contributed by atoms with van der Waals surface area (Å²) in [6.07, 6.45) is 2.56. The van der Waals surface area contributed by atoms with Crippen LogP contribution in [0, 0.1) is 5.92 Å². The smallest absolute Gasteiger partial charge is 0.224 e. The van der Waals surface area contributed by atoms with E-state index in [4.69, 9.17) is 9.47 Å². The zero-order valence-corrected chi connectivity index (χ0v) is 14.0. The van der Waals surface area contributed by atoms with Crippen molar-refractivity contribution in [1.82, 2.24) is 20.2 Å². The van der Waals surface area contributed by atoms with Crippen LogP contribution in [0.3, 0.4) is 0 Å².